The fourth-order valence-electron chi connectivity index (χ4n) is 5.63. The fourth-order valence-corrected chi connectivity index (χ4v) is 5.77. The highest BCUT2D eigenvalue weighted by molar-refractivity contribution is 6.29. The van der Waals surface area contributed by atoms with Crippen LogP contribution in [0.2, 0.25) is 5.15 Å². The molecule has 2 amide bonds. The Hall–Kier alpha value is -4.64. The van der Waals surface area contributed by atoms with E-state index in [9.17, 15) is 9.59 Å². The number of anilines is 1. The van der Waals surface area contributed by atoms with Crippen molar-refractivity contribution >= 4 is 51.4 Å². The molecular weight excluding hydrogens is 585 g/mol. The predicted molar refractivity (Wildman–Crippen MR) is 166 cm³/mol. The molecule has 226 valence electrons. The van der Waals surface area contributed by atoms with Gasteiger partial charge in [0.25, 0.3) is 5.91 Å². The van der Waals surface area contributed by atoms with E-state index in [0.29, 0.717) is 48.7 Å². The van der Waals surface area contributed by atoms with E-state index < -0.39 is 23.9 Å². The molecule has 1 aliphatic rings. The van der Waals surface area contributed by atoms with Gasteiger partial charge in [-0.15, -0.1) is 5.10 Å². The Morgan fingerprint density at radius 1 is 1.16 bits per heavy atom. The summed E-state index contributed by atoms with van der Waals surface area (Å²) in [6, 6.07) is 14.8. The average Bonchev–Trinajstić information content (AvgIpc) is 3.44. The van der Waals surface area contributed by atoms with Gasteiger partial charge >= 0.3 is 6.09 Å². The molecule has 44 heavy (non-hydrogen) atoms. The number of hydrogen-bond donors (Lipinski definition) is 0. The van der Waals surface area contributed by atoms with Gasteiger partial charge in [0.05, 0.1) is 23.9 Å². The lowest BCUT2D eigenvalue weighted by Gasteiger charge is -2.39. The summed E-state index contributed by atoms with van der Waals surface area (Å²) < 4.78 is 22.8. The fraction of sp³-hybridized carbons (Fsp3) is 0.312. The van der Waals surface area contributed by atoms with Gasteiger partial charge in [-0.1, -0.05) is 48.4 Å². The van der Waals surface area contributed by atoms with Gasteiger partial charge in [0.2, 0.25) is 0 Å². The summed E-state index contributed by atoms with van der Waals surface area (Å²) in [4.78, 5) is 39.4. The maximum Gasteiger partial charge on any atom is 0.409 e. The topological polar surface area (TPSA) is 106 Å². The monoisotopic (exact) mass is 615 g/mol. The molecule has 0 N–H and O–H groups in total. The normalized spacial score (nSPS) is 15.1. The van der Waals surface area contributed by atoms with E-state index in [1.165, 1.54) is 16.8 Å². The number of benzene rings is 2. The first-order chi connectivity index (χ1) is 21.4. The second kappa shape index (κ2) is 12.5. The molecule has 0 aliphatic carbocycles. The third kappa shape index (κ3) is 5.67. The number of halogens is 2. The Bertz CT molecular complexity index is 1860. The summed E-state index contributed by atoms with van der Waals surface area (Å²) in [5.41, 5.74) is 1.98. The quantitative estimate of drug-likeness (QED) is 0.152. The van der Waals surface area contributed by atoms with Crippen LogP contribution < -0.4 is 4.90 Å². The summed E-state index contributed by atoms with van der Waals surface area (Å²) >= 11 is 6.07. The third-order valence-electron chi connectivity index (χ3n) is 7.86. The lowest BCUT2D eigenvalue weighted by molar-refractivity contribution is 0.0841. The zero-order chi connectivity index (χ0) is 30.8. The van der Waals surface area contributed by atoms with Gasteiger partial charge in [0, 0.05) is 30.7 Å². The Labute approximate surface area is 258 Å². The van der Waals surface area contributed by atoms with Crippen LogP contribution in [0.25, 0.3) is 27.6 Å². The molecule has 10 nitrogen and oxygen atoms in total. The first-order valence-electron chi connectivity index (χ1n) is 14.6. The molecule has 0 spiro atoms. The summed E-state index contributed by atoms with van der Waals surface area (Å²) in [7, 11) is 0. The molecule has 3 aromatic heterocycles. The van der Waals surface area contributed by atoms with Crippen molar-refractivity contribution in [1.29, 1.82) is 0 Å². The number of unbranched alkanes of at least 4 members (excludes halogenated alkanes) is 1. The molecule has 0 unspecified atom stereocenters. The van der Waals surface area contributed by atoms with Crippen molar-refractivity contribution in [3.8, 4) is 5.69 Å². The van der Waals surface area contributed by atoms with Gasteiger partial charge in [-0.05, 0) is 67.5 Å². The lowest BCUT2D eigenvalue weighted by Crippen LogP contribution is -2.52. The minimum Gasteiger partial charge on any atom is -0.449 e. The minimum absolute atomic E-state index is 0.140. The summed E-state index contributed by atoms with van der Waals surface area (Å²) in [5, 5.41) is 10.1. The van der Waals surface area contributed by atoms with Crippen LogP contribution in [0.3, 0.4) is 0 Å². The van der Waals surface area contributed by atoms with Gasteiger partial charge in [0.1, 0.15) is 22.3 Å². The van der Waals surface area contributed by atoms with Crippen LogP contribution in [-0.2, 0) is 4.74 Å². The number of aromatic nitrogens is 5. The van der Waals surface area contributed by atoms with Crippen LogP contribution in [0.4, 0.5) is 15.0 Å². The van der Waals surface area contributed by atoms with Crippen molar-refractivity contribution in [3.05, 3.63) is 82.9 Å². The van der Waals surface area contributed by atoms with Gasteiger partial charge in [-0.25, -0.2) is 19.2 Å². The maximum absolute atomic E-state index is 15.9. The molecule has 1 aliphatic heterocycles. The largest absolute Gasteiger partial charge is 0.449 e. The molecule has 0 bridgehead atoms. The van der Waals surface area contributed by atoms with Crippen molar-refractivity contribution in [1.82, 2.24) is 29.9 Å². The molecule has 1 atom stereocenters. The van der Waals surface area contributed by atoms with Crippen LogP contribution >= 0.6 is 11.6 Å². The van der Waals surface area contributed by atoms with Gasteiger partial charge in [0.15, 0.2) is 5.65 Å². The van der Waals surface area contributed by atoms with Crippen molar-refractivity contribution in [3.63, 3.8) is 0 Å². The molecule has 1 saturated heterocycles. The molecule has 2 aromatic carbocycles. The molecule has 12 heteroatoms. The second-order valence-corrected chi connectivity index (χ2v) is 11.2. The number of fused-ring (bicyclic) bond motifs is 2. The Morgan fingerprint density at radius 3 is 2.84 bits per heavy atom. The molecule has 4 heterocycles. The van der Waals surface area contributed by atoms with E-state index in [1.807, 2.05) is 38.1 Å². The Balaban J connectivity index is 1.39. The number of aryl methyl sites for hydroxylation is 1. The highest BCUT2D eigenvalue weighted by Gasteiger charge is 2.35. The molecule has 6 rings (SSSR count). The molecule has 0 saturated carbocycles. The van der Waals surface area contributed by atoms with Crippen LogP contribution in [0.5, 0.6) is 0 Å². The maximum atomic E-state index is 15.9. The standard InChI is InChI=1S/C32H31ClFN7O3/c1-3-4-17-44-32(43)39-16-6-9-23(19-39)40(30-28-20(2)7-5-8-21(28)14-15-35-30)31(42)24-11-10-22(18-25(24)34)41-29-26(37-38-41)12-13-27(33)36-29/h5,7-8,10-15,18,23H,3-4,6,9,16-17,19H2,1-2H3/t23-/m1/s1. The number of ether oxygens (including phenoxy) is 1. The van der Waals surface area contributed by atoms with E-state index in [1.54, 1.807) is 34.2 Å². The second-order valence-electron chi connectivity index (χ2n) is 10.8. The van der Waals surface area contributed by atoms with Crippen LogP contribution in [0, 0.1) is 12.7 Å². The molecule has 0 radical (unpaired) electrons. The summed E-state index contributed by atoms with van der Waals surface area (Å²) in [6.07, 6.45) is 4.16. The number of likely N-dealkylation sites (tertiary alicyclic amines) is 1. The number of hydrogen-bond acceptors (Lipinski definition) is 7. The first-order valence-corrected chi connectivity index (χ1v) is 15.0. The number of carbonyl (C=O) groups is 2. The van der Waals surface area contributed by atoms with Crippen LogP contribution in [0.15, 0.2) is 60.8 Å². The van der Waals surface area contributed by atoms with Crippen molar-refractivity contribution in [2.75, 3.05) is 24.6 Å². The van der Waals surface area contributed by atoms with Gasteiger partial charge in [-0.3, -0.25) is 9.69 Å². The first kappa shape index (κ1) is 29.4. The van der Waals surface area contributed by atoms with E-state index >= 15 is 4.39 Å². The highest BCUT2D eigenvalue weighted by Crippen LogP contribution is 2.33. The highest BCUT2D eigenvalue weighted by atomic mass is 35.5. The van der Waals surface area contributed by atoms with E-state index in [2.05, 4.69) is 20.3 Å². The van der Waals surface area contributed by atoms with E-state index in [0.717, 1.165) is 29.2 Å². The van der Waals surface area contributed by atoms with Crippen molar-refractivity contribution in [2.24, 2.45) is 0 Å². The smallest absolute Gasteiger partial charge is 0.409 e. The van der Waals surface area contributed by atoms with Crippen molar-refractivity contribution in [2.45, 2.75) is 45.6 Å². The number of amides is 2. The average molecular weight is 616 g/mol. The van der Waals surface area contributed by atoms with Crippen molar-refractivity contribution < 1.29 is 18.7 Å². The zero-order valence-electron chi connectivity index (χ0n) is 24.4. The SMILES string of the molecule is CCCCOC(=O)N1CCC[C@@H](N(C(=O)c2ccc(-n3nnc4ccc(Cl)nc43)cc2F)c2nccc3cccc(C)c23)C1. The third-order valence-corrected chi connectivity index (χ3v) is 8.07. The van der Waals surface area contributed by atoms with Crippen LogP contribution in [0.1, 0.15) is 48.5 Å². The molecular formula is C32H31ClFN7O3. The lowest BCUT2D eigenvalue weighted by atomic mass is 10.00. The summed E-state index contributed by atoms with van der Waals surface area (Å²) in [5.74, 6) is -0.888. The zero-order valence-corrected chi connectivity index (χ0v) is 25.2. The predicted octanol–water partition coefficient (Wildman–Crippen LogP) is 6.51. The summed E-state index contributed by atoms with van der Waals surface area (Å²) in [6.45, 7) is 5.06. The van der Waals surface area contributed by atoms with Crippen LogP contribution in [-0.4, -0.2) is 67.6 Å². The Kier molecular flexibility index (Phi) is 8.38. The molecule has 5 aromatic rings. The van der Waals surface area contributed by atoms with Gasteiger partial charge in [-0.2, -0.15) is 4.68 Å². The number of rotatable bonds is 7. The number of carbonyl (C=O) groups excluding carboxylic acids is 2. The molecule has 1 fully saturated rings. The Morgan fingerprint density at radius 2 is 2.02 bits per heavy atom. The minimum atomic E-state index is -0.744. The van der Waals surface area contributed by atoms with Gasteiger partial charge < -0.3 is 9.64 Å². The van der Waals surface area contributed by atoms with E-state index in [-0.39, 0.29) is 17.3 Å². The number of piperidine rings is 1. The number of pyridine rings is 2. The number of nitrogens with zero attached hydrogens (tertiary/aromatic N) is 7. The van der Waals surface area contributed by atoms with E-state index in [4.69, 9.17) is 16.3 Å².